The number of rotatable bonds is 9. The van der Waals surface area contributed by atoms with Crippen molar-refractivity contribution in [3.63, 3.8) is 0 Å². The van der Waals surface area contributed by atoms with Crippen molar-refractivity contribution in [2.24, 2.45) is 0 Å². The van der Waals surface area contributed by atoms with E-state index in [0.29, 0.717) is 0 Å². The lowest BCUT2D eigenvalue weighted by Crippen LogP contribution is -2.05. The SMILES string of the molecule is C=C/C(=C\C=C/C)[C+](c1ccccc1)c1ccc(-c2ccc([C+](c3ccccc3)c3ccccc3)cc2)cc1. The van der Waals surface area contributed by atoms with Crippen molar-refractivity contribution in [1.82, 2.24) is 0 Å². The first-order chi connectivity index (χ1) is 19.3. The molecular weight excluding hydrogens is 468 g/mol. The first kappa shape index (κ1) is 25.7. The normalized spacial score (nSPS) is 11.4. The topological polar surface area (TPSA) is 0 Å². The maximum atomic E-state index is 4.09. The van der Waals surface area contributed by atoms with Gasteiger partial charge in [-0.05, 0) is 158 Å². The van der Waals surface area contributed by atoms with Crippen LogP contribution in [0, 0.1) is 11.8 Å². The average molecular weight is 501 g/mol. The molecule has 0 radical (unpaired) electrons. The second-order valence-corrected chi connectivity index (χ2v) is 9.35. The molecule has 0 fully saturated rings. The van der Waals surface area contributed by atoms with Gasteiger partial charge in [-0.1, -0.05) is 30.9 Å². The highest BCUT2D eigenvalue weighted by Gasteiger charge is 2.24. The van der Waals surface area contributed by atoms with Gasteiger partial charge in [-0.25, -0.2) is 0 Å². The molecule has 0 nitrogen and oxygen atoms in total. The maximum Gasteiger partial charge on any atom is 0.0631 e. The van der Waals surface area contributed by atoms with Crippen LogP contribution in [0.25, 0.3) is 11.1 Å². The van der Waals surface area contributed by atoms with Crippen molar-refractivity contribution in [2.45, 2.75) is 6.92 Å². The third-order valence-electron chi connectivity index (χ3n) is 6.84. The summed E-state index contributed by atoms with van der Waals surface area (Å²) in [5.74, 6) is 2.42. The molecule has 0 unspecified atom stereocenters. The fourth-order valence-corrected chi connectivity index (χ4v) is 4.93. The summed E-state index contributed by atoms with van der Waals surface area (Å²) >= 11 is 0. The van der Waals surface area contributed by atoms with Crippen LogP contribution in [0.3, 0.4) is 0 Å². The molecule has 0 aromatic heterocycles. The van der Waals surface area contributed by atoms with E-state index >= 15 is 0 Å². The van der Waals surface area contributed by atoms with Crippen molar-refractivity contribution < 1.29 is 0 Å². The van der Waals surface area contributed by atoms with E-state index in [0.717, 1.165) is 5.57 Å². The Kier molecular flexibility index (Phi) is 8.26. The molecular formula is C39H32+2. The molecule has 39 heavy (non-hydrogen) atoms. The number of hydrogen-bond acceptors (Lipinski definition) is 0. The van der Waals surface area contributed by atoms with Gasteiger partial charge in [0.15, 0.2) is 0 Å². The molecule has 0 spiro atoms. The van der Waals surface area contributed by atoms with E-state index in [1.165, 1.54) is 50.8 Å². The molecule has 0 atom stereocenters. The Morgan fingerprint density at radius 3 is 1.33 bits per heavy atom. The quantitative estimate of drug-likeness (QED) is 0.107. The van der Waals surface area contributed by atoms with Crippen LogP contribution in [0.15, 0.2) is 176 Å². The summed E-state index contributed by atoms with van der Waals surface area (Å²) < 4.78 is 0. The van der Waals surface area contributed by atoms with Crippen LogP contribution in [-0.2, 0) is 0 Å². The smallest absolute Gasteiger partial charge is 0.0631 e. The lowest BCUT2D eigenvalue weighted by Gasteiger charge is -2.15. The Bertz CT molecular complexity index is 1480. The zero-order valence-corrected chi connectivity index (χ0v) is 22.3. The van der Waals surface area contributed by atoms with Crippen LogP contribution in [0.2, 0.25) is 0 Å². The zero-order valence-electron chi connectivity index (χ0n) is 22.3. The molecule has 0 saturated heterocycles. The molecule has 0 bridgehead atoms. The fraction of sp³-hybridized carbons (Fsp3) is 0.0256. The molecule has 0 heterocycles. The molecule has 0 heteroatoms. The Morgan fingerprint density at radius 1 is 0.513 bits per heavy atom. The Hall–Kier alpha value is -4.94. The van der Waals surface area contributed by atoms with Crippen molar-refractivity contribution in [2.75, 3.05) is 0 Å². The number of benzene rings is 5. The summed E-state index contributed by atoms with van der Waals surface area (Å²) in [5, 5.41) is 0. The molecule has 0 aliphatic rings. The second-order valence-electron chi connectivity index (χ2n) is 9.35. The van der Waals surface area contributed by atoms with Crippen LogP contribution in [0.5, 0.6) is 0 Å². The molecule has 0 N–H and O–H groups in total. The Labute approximate surface area is 233 Å². The van der Waals surface area contributed by atoms with Gasteiger partial charge in [0, 0.05) is 0 Å². The summed E-state index contributed by atoms with van der Waals surface area (Å²) in [7, 11) is 0. The molecule has 5 aromatic rings. The van der Waals surface area contributed by atoms with E-state index in [1.807, 2.05) is 19.1 Å². The third-order valence-corrected chi connectivity index (χ3v) is 6.84. The minimum atomic E-state index is 1.10. The van der Waals surface area contributed by atoms with Gasteiger partial charge in [0.1, 0.15) is 0 Å². The molecule has 0 aliphatic heterocycles. The van der Waals surface area contributed by atoms with Gasteiger partial charge in [0.25, 0.3) is 0 Å². The molecule has 5 aromatic carbocycles. The molecule has 186 valence electrons. The van der Waals surface area contributed by atoms with Crippen molar-refractivity contribution in [3.8, 4) is 11.1 Å². The number of allylic oxidation sites excluding steroid dienone is 5. The van der Waals surface area contributed by atoms with E-state index in [-0.39, 0.29) is 0 Å². The summed E-state index contributed by atoms with van der Waals surface area (Å²) in [6.45, 7) is 6.12. The minimum absolute atomic E-state index is 1.10. The summed E-state index contributed by atoms with van der Waals surface area (Å²) in [4.78, 5) is 0. The van der Waals surface area contributed by atoms with E-state index in [9.17, 15) is 0 Å². The van der Waals surface area contributed by atoms with E-state index in [1.54, 1.807) is 0 Å². The Balaban J connectivity index is 1.46. The lowest BCUT2D eigenvalue weighted by atomic mass is 9.83. The predicted molar refractivity (Wildman–Crippen MR) is 166 cm³/mol. The van der Waals surface area contributed by atoms with Crippen molar-refractivity contribution in [1.29, 1.82) is 0 Å². The van der Waals surface area contributed by atoms with Crippen LogP contribution in [-0.4, -0.2) is 0 Å². The summed E-state index contributed by atoms with van der Waals surface area (Å²) in [6.07, 6.45) is 8.15. The first-order valence-corrected chi connectivity index (χ1v) is 13.4. The standard InChI is InChI=1S/C39H32/c1-3-5-15-30(4-2)38(33-16-9-6-10-17-33)36-26-22-31(23-27-36)32-24-28-37(29-25-32)39(34-18-11-7-12-19-34)35-20-13-8-14-21-35/h3-29H,2H2,1H3/q+2/b5-3-,30-15+. The maximum absolute atomic E-state index is 4.09. The second kappa shape index (κ2) is 12.5. The van der Waals surface area contributed by atoms with Crippen LogP contribution in [0.4, 0.5) is 0 Å². The van der Waals surface area contributed by atoms with Gasteiger partial charge >= 0.3 is 0 Å². The first-order valence-electron chi connectivity index (χ1n) is 13.4. The van der Waals surface area contributed by atoms with Gasteiger partial charge in [0.2, 0.25) is 0 Å². The largest absolute Gasteiger partial charge is 0.0821 e. The molecule has 0 amide bonds. The minimum Gasteiger partial charge on any atom is -0.0821 e. The summed E-state index contributed by atoms with van der Waals surface area (Å²) in [5.41, 5.74) is 9.47. The fourth-order valence-electron chi connectivity index (χ4n) is 4.93. The number of hydrogen-bond donors (Lipinski definition) is 0. The average Bonchev–Trinajstić information content (AvgIpc) is 3.01. The van der Waals surface area contributed by atoms with Gasteiger partial charge in [0.05, 0.1) is 45.2 Å². The highest BCUT2D eigenvalue weighted by molar-refractivity contribution is 5.68. The molecule has 5 rings (SSSR count). The van der Waals surface area contributed by atoms with E-state index in [4.69, 9.17) is 0 Å². The van der Waals surface area contributed by atoms with Crippen LogP contribution >= 0.6 is 0 Å². The lowest BCUT2D eigenvalue weighted by molar-refractivity contribution is 1.23. The monoisotopic (exact) mass is 500 g/mol. The van der Waals surface area contributed by atoms with Gasteiger partial charge in [-0.3, -0.25) is 0 Å². The zero-order chi connectivity index (χ0) is 26.9. The predicted octanol–water partition coefficient (Wildman–Crippen LogP) is 10.0. The van der Waals surface area contributed by atoms with Crippen molar-refractivity contribution >= 4 is 0 Å². The highest BCUT2D eigenvalue weighted by Crippen LogP contribution is 2.35. The molecule has 0 aliphatic carbocycles. The third kappa shape index (κ3) is 5.98. The Morgan fingerprint density at radius 2 is 0.897 bits per heavy atom. The highest BCUT2D eigenvalue weighted by atomic mass is 14.2. The summed E-state index contributed by atoms with van der Waals surface area (Å²) in [6, 6.07) is 49.5. The van der Waals surface area contributed by atoms with E-state index in [2.05, 4.69) is 158 Å². The van der Waals surface area contributed by atoms with Gasteiger partial charge in [-0.15, -0.1) is 0 Å². The van der Waals surface area contributed by atoms with Crippen molar-refractivity contribution in [3.05, 3.63) is 216 Å². The van der Waals surface area contributed by atoms with Gasteiger partial charge < -0.3 is 0 Å². The van der Waals surface area contributed by atoms with Crippen LogP contribution < -0.4 is 0 Å². The van der Waals surface area contributed by atoms with Crippen LogP contribution in [0.1, 0.15) is 34.7 Å². The van der Waals surface area contributed by atoms with Gasteiger partial charge in [-0.2, -0.15) is 0 Å². The van der Waals surface area contributed by atoms with E-state index < -0.39 is 0 Å². The molecule has 0 saturated carbocycles.